The van der Waals surface area contributed by atoms with Crippen molar-refractivity contribution in [3.05, 3.63) is 47.4 Å². The number of aromatic nitrogens is 3. The van der Waals surface area contributed by atoms with Gasteiger partial charge in [-0.2, -0.15) is 5.10 Å². The normalized spacial score (nSPS) is 11.4. The Balaban J connectivity index is 2.06. The van der Waals surface area contributed by atoms with Gasteiger partial charge in [-0.05, 0) is 37.1 Å². The molecule has 2 aromatic heterocycles. The number of benzene rings is 1. The van der Waals surface area contributed by atoms with Gasteiger partial charge in [0.15, 0.2) is 5.82 Å². The van der Waals surface area contributed by atoms with Crippen molar-refractivity contribution in [2.24, 2.45) is 0 Å². The van der Waals surface area contributed by atoms with Crippen LogP contribution < -0.4 is 10.0 Å². The molecule has 0 aliphatic carbocycles. The molecule has 0 radical (unpaired) electrons. The first-order chi connectivity index (χ1) is 12.7. The van der Waals surface area contributed by atoms with Gasteiger partial charge in [0.1, 0.15) is 11.8 Å². The zero-order valence-corrected chi connectivity index (χ0v) is 16.1. The Kier molecular flexibility index (Phi) is 4.75. The first kappa shape index (κ1) is 18.6. The lowest BCUT2D eigenvalue weighted by atomic mass is 10.1. The van der Waals surface area contributed by atoms with E-state index in [1.54, 1.807) is 35.8 Å². The van der Waals surface area contributed by atoms with Crippen LogP contribution in [0.25, 0.3) is 5.52 Å². The summed E-state index contributed by atoms with van der Waals surface area (Å²) in [5.74, 6) is 0.0248. The number of sulfonamides is 1. The van der Waals surface area contributed by atoms with Gasteiger partial charge in [0.25, 0.3) is 0 Å². The lowest BCUT2D eigenvalue weighted by Gasteiger charge is -2.13. The molecule has 0 spiro atoms. The van der Waals surface area contributed by atoms with Crippen molar-refractivity contribution < 1.29 is 17.9 Å². The van der Waals surface area contributed by atoms with Crippen molar-refractivity contribution in [1.82, 2.24) is 14.6 Å². The molecule has 0 fully saturated rings. The molecule has 10 heteroatoms. The van der Waals surface area contributed by atoms with Crippen molar-refractivity contribution in [3.8, 4) is 0 Å². The Morgan fingerprint density at radius 1 is 1.26 bits per heavy atom. The highest BCUT2D eigenvalue weighted by Crippen LogP contribution is 2.28. The number of aryl methyl sites for hydroxylation is 2. The molecular weight excluding hydrogens is 370 g/mol. The highest BCUT2D eigenvalue weighted by molar-refractivity contribution is 7.92. The van der Waals surface area contributed by atoms with E-state index < -0.39 is 16.0 Å². The third-order valence-electron chi connectivity index (χ3n) is 4.03. The number of fused-ring (bicyclic) bond motifs is 1. The van der Waals surface area contributed by atoms with E-state index in [9.17, 15) is 13.2 Å². The van der Waals surface area contributed by atoms with Crippen LogP contribution in [0.15, 0.2) is 30.7 Å². The van der Waals surface area contributed by atoms with E-state index in [0.717, 1.165) is 11.8 Å². The quantitative estimate of drug-likeness (QED) is 0.643. The number of nitrogens with one attached hydrogen (secondary N) is 2. The van der Waals surface area contributed by atoms with E-state index in [-0.39, 0.29) is 0 Å². The maximum atomic E-state index is 11.9. The van der Waals surface area contributed by atoms with Crippen LogP contribution in [0.3, 0.4) is 0 Å². The SMILES string of the molecule is COC(=O)c1cn2ncnc(Nc3cc(NS(C)(=O)=O)ccc3C)c2c1C. The summed E-state index contributed by atoms with van der Waals surface area (Å²) in [6.45, 7) is 3.67. The summed E-state index contributed by atoms with van der Waals surface area (Å²) in [6.07, 6.45) is 4.04. The van der Waals surface area contributed by atoms with Crippen molar-refractivity contribution in [1.29, 1.82) is 0 Å². The second-order valence-electron chi connectivity index (χ2n) is 6.09. The third kappa shape index (κ3) is 3.85. The highest BCUT2D eigenvalue weighted by Gasteiger charge is 2.18. The molecule has 9 nitrogen and oxygen atoms in total. The van der Waals surface area contributed by atoms with Gasteiger partial charge in [-0.1, -0.05) is 6.07 Å². The molecule has 27 heavy (non-hydrogen) atoms. The van der Waals surface area contributed by atoms with Gasteiger partial charge in [-0.15, -0.1) is 0 Å². The van der Waals surface area contributed by atoms with Crippen LogP contribution >= 0.6 is 0 Å². The molecule has 0 aliphatic heterocycles. The molecule has 0 atom stereocenters. The van der Waals surface area contributed by atoms with E-state index in [0.29, 0.717) is 33.8 Å². The smallest absolute Gasteiger partial charge is 0.339 e. The Morgan fingerprint density at radius 2 is 2.00 bits per heavy atom. The molecule has 1 aromatic carbocycles. The summed E-state index contributed by atoms with van der Waals surface area (Å²) in [7, 11) is -2.07. The average molecular weight is 389 g/mol. The molecule has 0 amide bonds. The summed E-state index contributed by atoms with van der Waals surface area (Å²) < 4.78 is 31.7. The summed E-state index contributed by atoms with van der Waals surface area (Å²) in [5, 5.41) is 7.33. The molecule has 3 aromatic rings. The van der Waals surface area contributed by atoms with E-state index in [4.69, 9.17) is 4.74 Å². The summed E-state index contributed by atoms with van der Waals surface area (Å²) in [4.78, 5) is 16.2. The minimum absolute atomic E-state index is 0.394. The Hall–Kier alpha value is -3.14. The minimum Gasteiger partial charge on any atom is -0.465 e. The van der Waals surface area contributed by atoms with E-state index in [2.05, 4.69) is 20.1 Å². The number of carbonyl (C=O) groups is 1. The second kappa shape index (κ2) is 6.88. The molecular formula is C17H19N5O4S. The number of esters is 1. The lowest BCUT2D eigenvalue weighted by molar-refractivity contribution is 0.0600. The first-order valence-electron chi connectivity index (χ1n) is 7.96. The van der Waals surface area contributed by atoms with Gasteiger partial charge in [-0.25, -0.2) is 22.7 Å². The topological polar surface area (TPSA) is 115 Å². The van der Waals surface area contributed by atoms with Gasteiger partial charge in [0.05, 0.1) is 24.6 Å². The fourth-order valence-electron chi connectivity index (χ4n) is 2.73. The number of nitrogens with zero attached hydrogens (tertiary/aromatic N) is 3. The van der Waals surface area contributed by atoms with Crippen LogP contribution in [0.5, 0.6) is 0 Å². The summed E-state index contributed by atoms with van der Waals surface area (Å²) in [6, 6.07) is 5.14. The summed E-state index contributed by atoms with van der Waals surface area (Å²) >= 11 is 0. The highest BCUT2D eigenvalue weighted by atomic mass is 32.2. The molecule has 0 bridgehead atoms. The Morgan fingerprint density at radius 3 is 2.67 bits per heavy atom. The maximum Gasteiger partial charge on any atom is 0.339 e. The molecule has 0 saturated heterocycles. The minimum atomic E-state index is -3.39. The number of ether oxygens (including phenoxy) is 1. The number of hydrogen-bond acceptors (Lipinski definition) is 7. The summed E-state index contributed by atoms with van der Waals surface area (Å²) in [5.41, 5.74) is 3.68. The number of hydrogen-bond donors (Lipinski definition) is 2. The average Bonchev–Trinajstić information content (AvgIpc) is 2.94. The molecule has 0 unspecified atom stereocenters. The van der Waals surface area contributed by atoms with Gasteiger partial charge < -0.3 is 10.1 Å². The van der Waals surface area contributed by atoms with Crippen molar-refractivity contribution in [3.63, 3.8) is 0 Å². The van der Waals surface area contributed by atoms with Crippen LogP contribution in [0.1, 0.15) is 21.5 Å². The van der Waals surface area contributed by atoms with E-state index >= 15 is 0 Å². The van der Waals surface area contributed by atoms with Gasteiger partial charge in [-0.3, -0.25) is 4.72 Å². The Bertz CT molecular complexity index is 1140. The van der Waals surface area contributed by atoms with Crippen LogP contribution in [0.4, 0.5) is 17.2 Å². The largest absolute Gasteiger partial charge is 0.465 e. The third-order valence-corrected chi connectivity index (χ3v) is 4.63. The van der Waals surface area contributed by atoms with Gasteiger partial charge in [0.2, 0.25) is 10.0 Å². The van der Waals surface area contributed by atoms with E-state index in [1.807, 2.05) is 6.92 Å². The van der Waals surface area contributed by atoms with Crippen LogP contribution in [-0.4, -0.2) is 42.4 Å². The standard InChI is InChI=1S/C17H19N5O4S/c1-10-5-6-12(21-27(4,24)25)7-14(10)20-16-15-11(2)13(17(23)26-3)8-22(15)19-9-18-16/h5-9,21H,1-4H3,(H,18,19,20). The molecule has 3 rings (SSSR count). The lowest BCUT2D eigenvalue weighted by Crippen LogP contribution is -2.10. The fourth-order valence-corrected chi connectivity index (χ4v) is 3.28. The Labute approximate surface area is 156 Å². The van der Waals surface area contributed by atoms with Crippen molar-refractivity contribution in [2.45, 2.75) is 13.8 Å². The molecule has 0 saturated carbocycles. The van der Waals surface area contributed by atoms with Crippen molar-refractivity contribution >= 4 is 38.7 Å². The molecule has 142 valence electrons. The van der Waals surface area contributed by atoms with Gasteiger partial charge in [0, 0.05) is 11.9 Å². The number of anilines is 3. The van der Waals surface area contributed by atoms with Crippen LogP contribution in [-0.2, 0) is 14.8 Å². The second-order valence-corrected chi connectivity index (χ2v) is 7.84. The van der Waals surface area contributed by atoms with Crippen molar-refractivity contribution in [2.75, 3.05) is 23.4 Å². The first-order valence-corrected chi connectivity index (χ1v) is 9.85. The number of carbonyl (C=O) groups excluding carboxylic acids is 1. The molecule has 2 N–H and O–H groups in total. The number of methoxy groups -OCH3 is 1. The van der Waals surface area contributed by atoms with Gasteiger partial charge >= 0.3 is 5.97 Å². The molecule has 2 heterocycles. The van der Waals surface area contributed by atoms with Crippen LogP contribution in [0.2, 0.25) is 0 Å². The monoisotopic (exact) mass is 389 g/mol. The fraction of sp³-hybridized carbons (Fsp3) is 0.235. The zero-order chi connectivity index (χ0) is 19.8. The van der Waals surface area contributed by atoms with E-state index in [1.165, 1.54) is 13.4 Å². The predicted octanol–water partition coefficient (Wildman–Crippen LogP) is 2.25. The zero-order valence-electron chi connectivity index (χ0n) is 15.3. The predicted molar refractivity (Wildman–Crippen MR) is 102 cm³/mol. The molecule has 0 aliphatic rings. The van der Waals surface area contributed by atoms with Crippen LogP contribution in [0, 0.1) is 13.8 Å². The maximum absolute atomic E-state index is 11.9. The number of rotatable bonds is 5.